The Kier molecular flexibility index (Phi) is 8.46. The van der Waals surface area contributed by atoms with Crippen LogP contribution in [0.25, 0.3) is 0 Å². The van der Waals surface area contributed by atoms with Crippen molar-refractivity contribution >= 4 is 11.9 Å². The van der Waals surface area contributed by atoms with Crippen LogP contribution in [0.4, 0.5) is 0 Å². The van der Waals surface area contributed by atoms with E-state index in [9.17, 15) is 9.59 Å². The van der Waals surface area contributed by atoms with Gasteiger partial charge in [-0.15, -0.1) is 0 Å². The molecule has 0 aliphatic carbocycles. The first-order chi connectivity index (χ1) is 8.19. The van der Waals surface area contributed by atoms with Crippen LogP contribution in [0.2, 0.25) is 0 Å². The zero-order valence-corrected chi connectivity index (χ0v) is 11.5. The highest BCUT2D eigenvalue weighted by molar-refractivity contribution is 5.86. The standard InChI is InChI=1S/C11H19NO3.C2H6/c1-3-5-12-8-9(7-10(12)13)11(14)15-6-4-2;1-2/h9H,3-8H2,1-2H3;1-2H3. The molecule has 17 heavy (non-hydrogen) atoms. The Morgan fingerprint density at radius 1 is 1.35 bits per heavy atom. The van der Waals surface area contributed by atoms with Crippen molar-refractivity contribution in [2.75, 3.05) is 19.7 Å². The summed E-state index contributed by atoms with van der Waals surface area (Å²) in [5, 5.41) is 0. The van der Waals surface area contributed by atoms with Crippen LogP contribution in [0.15, 0.2) is 0 Å². The Morgan fingerprint density at radius 2 is 2.00 bits per heavy atom. The molecule has 0 saturated carbocycles. The van der Waals surface area contributed by atoms with Crippen molar-refractivity contribution in [2.24, 2.45) is 5.92 Å². The molecule has 1 heterocycles. The van der Waals surface area contributed by atoms with Gasteiger partial charge in [0.2, 0.25) is 5.91 Å². The molecular formula is C13H25NO3. The summed E-state index contributed by atoms with van der Waals surface area (Å²) in [6.45, 7) is 9.72. The van der Waals surface area contributed by atoms with E-state index in [1.54, 1.807) is 4.90 Å². The predicted octanol–water partition coefficient (Wildman–Crippen LogP) is 2.22. The van der Waals surface area contributed by atoms with E-state index in [-0.39, 0.29) is 17.8 Å². The van der Waals surface area contributed by atoms with E-state index in [0.29, 0.717) is 19.6 Å². The van der Waals surface area contributed by atoms with Crippen LogP contribution in [0.3, 0.4) is 0 Å². The van der Waals surface area contributed by atoms with Crippen LogP contribution in [0.1, 0.15) is 47.0 Å². The number of carbonyl (C=O) groups excluding carboxylic acids is 2. The van der Waals surface area contributed by atoms with Gasteiger partial charge in [-0.05, 0) is 12.8 Å². The molecule has 1 unspecified atom stereocenters. The van der Waals surface area contributed by atoms with Gasteiger partial charge < -0.3 is 9.64 Å². The minimum absolute atomic E-state index is 0.0790. The fraction of sp³-hybridized carbons (Fsp3) is 0.846. The summed E-state index contributed by atoms with van der Waals surface area (Å²) in [4.78, 5) is 24.7. The van der Waals surface area contributed by atoms with E-state index >= 15 is 0 Å². The minimum atomic E-state index is -0.240. The van der Waals surface area contributed by atoms with Gasteiger partial charge in [0.25, 0.3) is 0 Å². The van der Waals surface area contributed by atoms with Crippen molar-refractivity contribution in [2.45, 2.75) is 47.0 Å². The molecule has 0 spiro atoms. The third-order valence-corrected chi connectivity index (χ3v) is 2.49. The number of hydrogen-bond acceptors (Lipinski definition) is 3. The molecule has 4 heteroatoms. The number of carbonyl (C=O) groups is 2. The zero-order valence-electron chi connectivity index (χ0n) is 11.5. The summed E-state index contributed by atoms with van der Waals surface area (Å²) in [7, 11) is 0. The van der Waals surface area contributed by atoms with E-state index in [4.69, 9.17) is 4.74 Å². The van der Waals surface area contributed by atoms with E-state index in [0.717, 1.165) is 19.4 Å². The molecule has 1 amide bonds. The number of amides is 1. The largest absolute Gasteiger partial charge is 0.465 e. The topological polar surface area (TPSA) is 46.6 Å². The van der Waals surface area contributed by atoms with Gasteiger partial charge in [-0.2, -0.15) is 0 Å². The normalized spacial score (nSPS) is 18.7. The highest BCUT2D eigenvalue weighted by Crippen LogP contribution is 2.19. The molecule has 0 aromatic heterocycles. The number of likely N-dealkylation sites (tertiary alicyclic amines) is 1. The lowest BCUT2D eigenvalue weighted by Crippen LogP contribution is -2.27. The molecule has 1 saturated heterocycles. The first kappa shape index (κ1) is 15.9. The van der Waals surface area contributed by atoms with Gasteiger partial charge in [0, 0.05) is 19.5 Å². The average molecular weight is 243 g/mol. The highest BCUT2D eigenvalue weighted by Gasteiger charge is 2.34. The maximum Gasteiger partial charge on any atom is 0.311 e. The van der Waals surface area contributed by atoms with Crippen molar-refractivity contribution in [1.29, 1.82) is 0 Å². The van der Waals surface area contributed by atoms with E-state index < -0.39 is 0 Å². The zero-order chi connectivity index (χ0) is 13.3. The van der Waals surface area contributed by atoms with Crippen molar-refractivity contribution in [3.63, 3.8) is 0 Å². The van der Waals surface area contributed by atoms with Gasteiger partial charge in [-0.1, -0.05) is 27.7 Å². The molecule has 0 N–H and O–H groups in total. The van der Waals surface area contributed by atoms with E-state index in [1.807, 2.05) is 27.7 Å². The average Bonchev–Trinajstić information content (AvgIpc) is 2.71. The Balaban J connectivity index is 0.00000121. The van der Waals surface area contributed by atoms with Crippen LogP contribution in [-0.4, -0.2) is 36.5 Å². The molecule has 0 aromatic rings. The SMILES string of the molecule is CC.CCCOC(=O)C1CC(=O)N(CCC)C1. The second kappa shape index (κ2) is 9.02. The quantitative estimate of drug-likeness (QED) is 0.696. The van der Waals surface area contributed by atoms with E-state index in [2.05, 4.69) is 0 Å². The molecule has 4 nitrogen and oxygen atoms in total. The van der Waals surface area contributed by atoms with Gasteiger partial charge in [-0.3, -0.25) is 9.59 Å². The lowest BCUT2D eigenvalue weighted by Gasteiger charge is -2.14. The van der Waals surface area contributed by atoms with Gasteiger partial charge in [0.15, 0.2) is 0 Å². The first-order valence-electron chi connectivity index (χ1n) is 6.63. The molecule has 1 fully saturated rings. The molecule has 1 aliphatic rings. The fourth-order valence-electron chi connectivity index (χ4n) is 1.74. The Labute approximate surface area is 104 Å². The summed E-state index contributed by atoms with van der Waals surface area (Å²) < 4.78 is 5.03. The molecule has 0 radical (unpaired) electrons. The second-order valence-electron chi connectivity index (χ2n) is 3.91. The van der Waals surface area contributed by atoms with Gasteiger partial charge in [0.1, 0.15) is 0 Å². The van der Waals surface area contributed by atoms with Crippen LogP contribution < -0.4 is 0 Å². The van der Waals surface area contributed by atoms with Crippen molar-refractivity contribution in [3.8, 4) is 0 Å². The van der Waals surface area contributed by atoms with Crippen molar-refractivity contribution < 1.29 is 14.3 Å². The Hall–Kier alpha value is -1.06. The Bertz CT molecular complexity index is 241. The highest BCUT2D eigenvalue weighted by atomic mass is 16.5. The summed E-state index contributed by atoms with van der Waals surface area (Å²) >= 11 is 0. The van der Waals surface area contributed by atoms with Crippen LogP contribution in [0.5, 0.6) is 0 Å². The number of nitrogens with zero attached hydrogens (tertiary/aromatic N) is 1. The second-order valence-corrected chi connectivity index (χ2v) is 3.91. The lowest BCUT2D eigenvalue weighted by atomic mass is 10.1. The molecule has 1 aliphatic heterocycles. The summed E-state index contributed by atoms with van der Waals surface area (Å²) in [6.07, 6.45) is 2.08. The molecule has 1 rings (SSSR count). The third-order valence-electron chi connectivity index (χ3n) is 2.49. The molecule has 100 valence electrons. The summed E-state index contributed by atoms with van der Waals surface area (Å²) in [5.41, 5.74) is 0. The molecular weight excluding hydrogens is 218 g/mol. The monoisotopic (exact) mass is 243 g/mol. The van der Waals surface area contributed by atoms with Gasteiger partial charge in [-0.25, -0.2) is 0 Å². The van der Waals surface area contributed by atoms with E-state index in [1.165, 1.54) is 0 Å². The van der Waals surface area contributed by atoms with Gasteiger partial charge in [0.05, 0.1) is 12.5 Å². The summed E-state index contributed by atoms with van der Waals surface area (Å²) in [5.74, 6) is -0.380. The maximum absolute atomic E-state index is 11.5. The van der Waals surface area contributed by atoms with Crippen LogP contribution in [-0.2, 0) is 14.3 Å². The number of ether oxygens (including phenoxy) is 1. The number of rotatable bonds is 5. The maximum atomic E-state index is 11.5. The van der Waals surface area contributed by atoms with Crippen LogP contribution >= 0.6 is 0 Å². The molecule has 0 bridgehead atoms. The summed E-state index contributed by atoms with van der Waals surface area (Å²) in [6, 6.07) is 0. The van der Waals surface area contributed by atoms with Crippen molar-refractivity contribution in [3.05, 3.63) is 0 Å². The lowest BCUT2D eigenvalue weighted by molar-refractivity contribution is -0.148. The fourth-order valence-corrected chi connectivity index (χ4v) is 1.74. The first-order valence-corrected chi connectivity index (χ1v) is 6.63. The van der Waals surface area contributed by atoms with Gasteiger partial charge >= 0.3 is 5.97 Å². The Morgan fingerprint density at radius 3 is 2.53 bits per heavy atom. The number of hydrogen-bond donors (Lipinski definition) is 0. The third kappa shape index (κ3) is 5.20. The predicted molar refractivity (Wildman–Crippen MR) is 67.6 cm³/mol. The molecule has 0 aromatic carbocycles. The van der Waals surface area contributed by atoms with Crippen molar-refractivity contribution in [1.82, 2.24) is 4.90 Å². The molecule has 1 atom stereocenters. The van der Waals surface area contributed by atoms with Crippen LogP contribution in [0, 0.1) is 5.92 Å². The number of esters is 1. The smallest absolute Gasteiger partial charge is 0.311 e. The minimum Gasteiger partial charge on any atom is -0.465 e.